The van der Waals surface area contributed by atoms with Crippen molar-refractivity contribution >= 4 is 17.6 Å². The molecule has 8 nitrogen and oxygen atoms in total. The van der Waals surface area contributed by atoms with E-state index in [-0.39, 0.29) is 23.9 Å². The summed E-state index contributed by atoms with van der Waals surface area (Å²) in [5, 5.41) is 23.1. The number of hydrogen-bond acceptors (Lipinski definition) is 6. The first-order chi connectivity index (χ1) is 14.8. The summed E-state index contributed by atoms with van der Waals surface area (Å²) in [5.74, 6) is 1.66. The van der Waals surface area contributed by atoms with E-state index < -0.39 is 12.2 Å². The van der Waals surface area contributed by atoms with Crippen LogP contribution in [0.25, 0.3) is 0 Å². The molecule has 3 unspecified atom stereocenters. The van der Waals surface area contributed by atoms with E-state index in [0.717, 1.165) is 37.9 Å². The van der Waals surface area contributed by atoms with Crippen LogP contribution in [0.15, 0.2) is 18.2 Å². The van der Waals surface area contributed by atoms with Gasteiger partial charge in [-0.15, -0.1) is 0 Å². The first-order valence-corrected chi connectivity index (χ1v) is 11.5. The Kier molecular flexibility index (Phi) is 5.17. The number of piperazine rings is 1. The summed E-state index contributed by atoms with van der Waals surface area (Å²) in [6, 6.07) is 5.67. The Balaban J connectivity index is 1.26. The highest BCUT2D eigenvalue weighted by Crippen LogP contribution is 2.55. The Morgan fingerprint density at radius 2 is 1.94 bits per heavy atom. The van der Waals surface area contributed by atoms with Gasteiger partial charge in [-0.3, -0.25) is 9.59 Å². The minimum atomic E-state index is -0.508. The SMILES string of the molecule is CC1CN(C(=O)CO)CCN1c1cccc(C(=O)NC2C3CC4CC2CC(O)(C4)C3)n1. The van der Waals surface area contributed by atoms with Crippen molar-refractivity contribution < 1.29 is 19.8 Å². The predicted molar refractivity (Wildman–Crippen MR) is 114 cm³/mol. The third-order valence-corrected chi connectivity index (χ3v) is 7.92. The number of carbonyl (C=O) groups is 2. The fourth-order valence-corrected chi connectivity index (χ4v) is 6.78. The molecule has 1 aromatic heterocycles. The van der Waals surface area contributed by atoms with Crippen molar-refractivity contribution in [2.45, 2.75) is 56.7 Å². The minimum absolute atomic E-state index is 0.0419. The van der Waals surface area contributed by atoms with Gasteiger partial charge in [-0.25, -0.2) is 4.98 Å². The summed E-state index contributed by atoms with van der Waals surface area (Å²) in [6.07, 6.45) is 4.73. The van der Waals surface area contributed by atoms with Crippen LogP contribution in [0.2, 0.25) is 0 Å². The molecule has 6 rings (SSSR count). The molecule has 3 N–H and O–H groups in total. The smallest absolute Gasteiger partial charge is 0.270 e. The lowest BCUT2D eigenvalue weighted by Crippen LogP contribution is -2.61. The summed E-state index contributed by atoms with van der Waals surface area (Å²) < 4.78 is 0. The lowest BCUT2D eigenvalue weighted by Gasteiger charge is -2.58. The summed E-state index contributed by atoms with van der Waals surface area (Å²) in [5.41, 5.74) is -0.0999. The van der Waals surface area contributed by atoms with Gasteiger partial charge in [0.1, 0.15) is 18.1 Å². The van der Waals surface area contributed by atoms with Crippen LogP contribution < -0.4 is 10.2 Å². The average Bonchev–Trinajstić information content (AvgIpc) is 2.74. The first-order valence-electron chi connectivity index (χ1n) is 11.5. The number of pyridine rings is 1. The van der Waals surface area contributed by atoms with Crippen molar-refractivity contribution in [2.75, 3.05) is 31.1 Å². The molecule has 8 heteroatoms. The van der Waals surface area contributed by atoms with E-state index >= 15 is 0 Å². The zero-order chi connectivity index (χ0) is 21.8. The number of nitrogens with zero attached hydrogens (tertiary/aromatic N) is 3. The second-order valence-electron chi connectivity index (χ2n) is 10.1. The number of hydrogen-bond donors (Lipinski definition) is 3. The standard InChI is InChI=1S/C23H32N4O4/c1-14-12-26(20(29)13-28)5-6-27(14)19-4-2-3-18(24-19)22(30)25-21-16-7-15-8-17(21)11-23(31,9-15)10-16/h2-4,14-17,21,28,31H,5-13H2,1H3,(H,25,30). The van der Waals surface area contributed by atoms with Gasteiger partial charge in [0.2, 0.25) is 5.91 Å². The quantitative estimate of drug-likeness (QED) is 0.655. The molecule has 168 valence electrons. The molecule has 4 bridgehead atoms. The topological polar surface area (TPSA) is 106 Å². The van der Waals surface area contributed by atoms with Crippen molar-refractivity contribution in [2.24, 2.45) is 17.8 Å². The Bertz CT molecular complexity index is 861. The van der Waals surface area contributed by atoms with Crippen molar-refractivity contribution in [1.29, 1.82) is 0 Å². The zero-order valence-electron chi connectivity index (χ0n) is 18.0. The molecular weight excluding hydrogens is 396 g/mol. The third-order valence-electron chi connectivity index (χ3n) is 7.92. The molecule has 5 fully saturated rings. The van der Waals surface area contributed by atoms with Crippen LogP contribution in [0.4, 0.5) is 5.82 Å². The van der Waals surface area contributed by atoms with Crippen molar-refractivity contribution in [1.82, 2.24) is 15.2 Å². The Morgan fingerprint density at radius 3 is 2.58 bits per heavy atom. The molecule has 0 spiro atoms. The number of nitrogens with one attached hydrogen (secondary N) is 1. The van der Waals surface area contributed by atoms with Crippen molar-refractivity contribution in [3.05, 3.63) is 23.9 Å². The van der Waals surface area contributed by atoms with Gasteiger partial charge in [-0.1, -0.05) is 6.07 Å². The van der Waals surface area contributed by atoms with E-state index in [9.17, 15) is 14.7 Å². The first kappa shape index (κ1) is 20.7. The number of carbonyl (C=O) groups excluding carboxylic acids is 2. The zero-order valence-corrected chi connectivity index (χ0v) is 18.0. The summed E-state index contributed by atoms with van der Waals surface area (Å²) in [4.78, 5) is 33.3. The van der Waals surface area contributed by atoms with Gasteiger partial charge in [0.15, 0.2) is 0 Å². The van der Waals surface area contributed by atoms with Gasteiger partial charge >= 0.3 is 0 Å². The molecule has 4 saturated carbocycles. The van der Waals surface area contributed by atoms with Crippen LogP contribution >= 0.6 is 0 Å². The normalized spacial score (nSPS) is 36.5. The molecule has 1 saturated heterocycles. The fraction of sp³-hybridized carbons (Fsp3) is 0.696. The van der Waals surface area contributed by atoms with Crippen LogP contribution in [0, 0.1) is 17.8 Å². The maximum Gasteiger partial charge on any atom is 0.270 e. The molecule has 4 aliphatic carbocycles. The molecule has 1 aliphatic heterocycles. The van der Waals surface area contributed by atoms with Crippen molar-refractivity contribution in [3.63, 3.8) is 0 Å². The molecule has 0 aromatic carbocycles. The maximum absolute atomic E-state index is 13.1. The highest BCUT2D eigenvalue weighted by Gasteiger charge is 2.55. The van der Waals surface area contributed by atoms with Crippen LogP contribution in [0.5, 0.6) is 0 Å². The second kappa shape index (κ2) is 7.74. The predicted octanol–water partition coefficient (Wildman–Crippen LogP) is 0.780. The molecule has 3 atom stereocenters. The number of amides is 2. The van der Waals surface area contributed by atoms with Gasteiger partial charge in [0.25, 0.3) is 5.91 Å². The second-order valence-corrected chi connectivity index (χ2v) is 10.1. The van der Waals surface area contributed by atoms with Crippen LogP contribution in [0.1, 0.15) is 49.5 Å². The fourth-order valence-electron chi connectivity index (χ4n) is 6.78. The van der Waals surface area contributed by atoms with Crippen LogP contribution in [0.3, 0.4) is 0 Å². The van der Waals surface area contributed by atoms with Gasteiger partial charge in [0, 0.05) is 31.7 Å². The van der Waals surface area contributed by atoms with E-state index in [1.807, 2.05) is 19.1 Å². The van der Waals surface area contributed by atoms with Gasteiger partial charge in [0.05, 0.1) is 5.60 Å². The van der Waals surface area contributed by atoms with Crippen LogP contribution in [-0.2, 0) is 4.79 Å². The number of rotatable bonds is 4. The largest absolute Gasteiger partial charge is 0.390 e. The number of aliphatic hydroxyl groups is 2. The molecule has 31 heavy (non-hydrogen) atoms. The maximum atomic E-state index is 13.1. The van der Waals surface area contributed by atoms with Gasteiger partial charge < -0.3 is 25.3 Å². The Morgan fingerprint density at radius 1 is 1.19 bits per heavy atom. The van der Waals surface area contributed by atoms with E-state index in [1.54, 1.807) is 11.0 Å². The Hall–Kier alpha value is -2.19. The molecule has 1 aromatic rings. The number of anilines is 1. The highest BCUT2D eigenvalue weighted by atomic mass is 16.3. The number of aliphatic hydroxyl groups excluding tert-OH is 1. The number of aromatic nitrogens is 1. The monoisotopic (exact) mass is 428 g/mol. The van der Waals surface area contributed by atoms with E-state index in [0.29, 0.717) is 43.1 Å². The molecule has 5 aliphatic rings. The van der Waals surface area contributed by atoms with E-state index in [4.69, 9.17) is 5.11 Å². The van der Waals surface area contributed by atoms with Gasteiger partial charge in [-0.2, -0.15) is 0 Å². The molecule has 0 radical (unpaired) electrons. The van der Waals surface area contributed by atoms with Crippen LogP contribution in [-0.4, -0.2) is 75.8 Å². The lowest BCUT2D eigenvalue weighted by molar-refractivity contribution is -0.137. The minimum Gasteiger partial charge on any atom is -0.390 e. The third kappa shape index (κ3) is 3.80. The Labute approximate surface area is 182 Å². The molecule has 2 amide bonds. The summed E-state index contributed by atoms with van der Waals surface area (Å²) >= 11 is 0. The van der Waals surface area contributed by atoms with E-state index in [1.165, 1.54) is 0 Å². The highest BCUT2D eigenvalue weighted by molar-refractivity contribution is 5.93. The van der Waals surface area contributed by atoms with Gasteiger partial charge in [-0.05, 0) is 68.9 Å². The lowest BCUT2D eigenvalue weighted by atomic mass is 9.52. The van der Waals surface area contributed by atoms with E-state index in [2.05, 4.69) is 15.2 Å². The summed E-state index contributed by atoms with van der Waals surface area (Å²) in [7, 11) is 0. The molecular formula is C23H32N4O4. The molecule has 2 heterocycles. The van der Waals surface area contributed by atoms with Crippen molar-refractivity contribution in [3.8, 4) is 0 Å². The average molecular weight is 429 g/mol. The summed E-state index contributed by atoms with van der Waals surface area (Å²) in [6.45, 7) is 3.20.